The maximum Gasteiger partial charge on any atom is 0.411 e. The molecule has 0 unspecified atom stereocenters. The van der Waals surface area contributed by atoms with E-state index in [0.717, 1.165) is 28.8 Å². The first-order valence-electron chi connectivity index (χ1n) is 4.96. The molecular formula is C11H9N3O2. The molecule has 1 N–H and O–H groups in total. The smallest absolute Gasteiger partial charge is 0.411 e. The first kappa shape index (κ1) is 9.08. The number of hydrogen-bond acceptors (Lipinski definition) is 3. The van der Waals surface area contributed by atoms with Gasteiger partial charge in [0.15, 0.2) is 0 Å². The lowest BCUT2D eigenvalue weighted by molar-refractivity contribution is 0.165. The lowest BCUT2D eigenvalue weighted by atomic mass is 9.90. The molecule has 0 aromatic carbocycles. The maximum atomic E-state index is 10.8. The molecule has 16 heavy (non-hydrogen) atoms. The molecule has 0 fully saturated rings. The Hall–Kier alpha value is -2.17. The van der Waals surface area contributed by atoms with E-state index in [1.54, 1.807) is 12.4 Å². The molecule has 2 heterocycles. The minimum atomic E-state index is -0.924. The SMILES string of the molecule is O=C(O)N1C=CC2=C(CC3=CN=NC3=C2)C1. The molecule has 0 saturated heterocycles. The molecule has 5 heteroatoms. The molecule has 80 valence electrons. The van der Waals surface area contributed by atoms with Crippen LogP contribution in [0.1, 0.15) is 6.42 Å². The first-order chi connectivity index (χ1) is 7.74. The first-order valence-corrected chi connectivity index (χ1v) is 4.96. The molecule has 3 rings (SSSR count). The van der Waals surface area contributed by atoms with E-state index in [-0.39, 0.29) is 0 Å². The maximum absolute atomic E-state index is 10.8. The summed E-state index contributed by atoms with van der Waals surface area (Å²) in [7, 11) is 0. The Morgan fingerprint density at radius 3 is 3.19 bits per heavy atom. The van der Waals surface area contributed by atoms with E-state index >= 15 is 0 Å². The summed E-state index contributed by atoms with van der Waals surface area (Å²) < 4.78 is 0. The van der Waals surface area contributed by atoms with Crippen molar-refractivity contribution < 1.29 is 9.90 Å². The highest BCUT2D eigenvalue weighted by Crippen LogP contribution is 2.35. The number of allylic oxidation sites excluding steroid dienone is 4. The Kier molecular flexibility index (Phi) is 1.80. The predicted molar refractivity (Wildman–Crippen MR) is 56.5 cm³/mol. The van der Waals surface area contributed by atoms with Crippen LogP contribution in [0.15, 0.2) is 57.2 Å². The van der Waals surface area contributed by atoms with Gasteiger partial charge in [-0.05, 0) is 29.7 Å². The summed E-state index contributed by atoms with van der Waals surface area (Å²) in [5, 5.41) is 16.8. The van der Waals surface area contributed by atoms with Crippen LogP contribution < -0.4 is 0 Å². The lowest BCUT2D eigenvalue weighted by Crippen LogP contribution is -2.29. The van der Waals surface area contributed by atoms with E-state index in [4.69, 9.17) is 5.11 Å². The molecule has 2 aliphatic heterocycles. The molecule has 0 bridgehead atoms. The number of azo groups is 1. The van der Waals surface area contributed by atoms with Gasteiger partial charge in [0.25, 0.3) is 0 Å². The normalized spacial score (nSPS) is 21.6. The van der Waals surface area contributed by atoms with Crippen molar-refractivity contribution in [2.45, 2.75) is 6.42 Å². The third-order valence-corrected chi connectivity index (χ3v) is 2.85. The fourth-order valence-corrected chi connectivity index (χ4v) is 2.00. The van der Waals surface area contributed by atoms with Gasteiger partial charge in [-0.25, -0.2) is 4.79 Å². The van der Waals surface area contributed by atoms with Crippen molar-refractivity contribution in [1.29, 1.82) is 0 Å². The van der Waals surface area contributed by atoms with Crippen molar-refractivity contribution in [3.63, 3.8) is 0 Å². The number of nitrogens with zero attached hydrogens (tertiary/aromatic N) is 3. The Bertz CT molecular complexity index is 523. The summed E-state index contributed by atoms with van der Waals surface area (Å²) in [5.41, 5.74) is 4.13. The van der Waals surface area contributed by atoms with Gasteiger partial charge in [-0.15, -0.1) is 0 Å². The summed E-state index contributed by atoms with van der Waals surface area (Å²) in [6, 6.07) is 0. The number of fused-ring (bicyclic) bond motifs is 1. The molecule has 0 atom stereocenters. The average Bonchev–Trinajstić information content (AvgIpc) is 2.71. The van der Waals surface area contributed by atoms with Gasteiger partial charge in [-0.3, -0.25) is 4.90 Å². The van der Waals surface area contributed by atoms with Gasteiger partial charge >= 0.3 is 6.09 Å². The standard InChI is InChI=1S/C11H9N3O2/c15-11(16)14-2-1-7-4-10-8(5-12-13-10)3-9(7)6-14/h1-2,4-5H,3,6H2,(H,15,16). The highest BCUT2D eigenvalue weighted by Gasteiger charge is 2.24. The third kappa shape index (κ3) is 1.29. The van der Waals surface area contributed by atoms with Crippen molar-refractivity contribution in [3.05, 3.63) is 47.0 Å². The molecular weight excluding hydrogens is 206 g/mol. The van der Waals surface area contributed by atoms with E-state index in [9.17, 15) is 4.79 Å². The molecule has 5 nitrogen and oxygen atoms in total. The van der Waals surface area contributed by atoms with E-state index in [1.165, 1.54) is 4.90 Å². The Balaban J connectivity index is 1.93. The highest BCUT2D eigenvalue weighted by molar-refractivity contribution is 5.68. The van der Waals surface area contributed by atoms with Crippen LogP contribution in [-0.4, -0.2) is 22.6 Å². The summed E-state index contributed by atoms with van der Waals surface area (Å²) >= 11 is 0. The van der Waals surface area contributed by atoms with Crippen molar-refractivity contribution in [2.75, 3.05) is 6.54 Å². The summed E-state index contributed by atoms with van der Waals surface area (Å²) in [5.74, 6) is 0. The number of rotatable bonds is 0. The van der Waals surface area contributed by atoms with Gasteiger partial charge in [0.1, 0.15) is 0 Å². The van der Waals surface area contributed by atoms with Crippen molar-refractivity contribution in [1.82, 2.24) is 4.90 Å². The van der Waals surface area contributed by atoms with Crippen LogP contribution in [0.2, 0.25) is 0 Å². The minimum Gasteiger partial charge on any atom is -0.465 e. The second-order valence-electron chi connectivity index (χ2n) is 3.86. The molecule has 0 aromatic rings. The van der Waals surface area contributed by atoms with E-state index < -0.39 is 6.09 Å². The third-order valence-electron chi connectivity index (χ3n) is 2.85. The fourth-order valence-electron chi connectivity index (χ4n) is 2.00. The summed E-state index contributed by atoms with van der Waals surface area (Å²) in [4.78, 5) is 12.1. The number of carbonyl (C=O) groups is 1. The second-order valence-corrected chi connectivity index (χ2v) is 3.86. The largest absolute Gasteiger partial charge is 0.465 e. The van der Waals surface area contributed by atoms with Gasteiger partial charge in [-0.2, -0.15) is 10.2 Å². The van der Waals surface area contributed by atoms with Crippen LogP contribution >= 0.6 is 0 Å². The zero-order valence-electron chi connectivity index (χ0n) is 8.42. The van der Waals surface area contributed by atoms with E-state index in [1.807, 2.05) is 12.2 Å². The Labute approximate surface area is 91.8 Å². The monoisotopic (exact) mass is 215 g/mol. The molecule has 0 saturated carbocycles. The predicted octanol–water partition coefficient (Wildman–Crippen LogP) is 2.43. The number of carboxylic acid groups (broad SMARTS) is 1. The van der Waals surface area contributed by atoms with Crippen LogP contribution in [0.25, 0.3) is 0 Å². The molecule has 0 aromatic heterocycles. The van der Waals surface area contributed by atoms with Gasteiger partial charge < -0.3 is 5.11 Å². The van der Waals surface area contributed by atoms with Crippen molar-refractivity contribution in [2.24, 2.45) is 10.2 Å². The fraction of sp³-hybridized carbons (Fsp3) is 0.182. The van der Waals surface area contributed by atoms with Gasteiger partial charge in [0.05, 0.1) is 18.4 Å². The lowest BCUT2D eigenvalue weighted by Gasteiger charge is -2.25. The topological polar surface area (TPSA) is 65.3 Å². The minimum absolute atomic E-state index is 0.433. The van der Waals surface area contributed by atoms with E-state index in [2.05, 4.69) is 10.2 Å². The molecule has 3 aliphatic rings. The Morgan fingerprint density at radius 1 is 1.50 bits per heavy atom. The van der Waals surface area contributed by atoms with Crippen molar-refractivity contribution >= 4 is 6.09 Å². The summed E-state index contributed by atoms with van der Waals surface area (Å²) in [6.07, 6.45) is 6.90. The van der Waals surface area contributed by atoms with Crippen LogP contribution in [0.5, 0.6) is 0 Å². The van der Waals surface area contributed by atoms with Crippen molar-refractivity contribution in [3.8, 4) is 0 Å². The van der Waals surface area contributed by atoms with Crippen LogP contribution in [0.3, 0.4) is 0 Å². The molecule has 0 spiro atoms. The zero-order valence-corrected chi connectivity index (χ0v) is 8.42. The highest BCUT2D eigenvalue weighted by atomic mass is 16.4. The van der Waals surface area contributed by atoms with Crippen LogP contribution in [0.4, 0.5) is 4.79 Å². The number of amides is 1. The van der Waals surface area contributed by atoms with Gasteiger partial charge in [-0.1, -0.05) is 0 Å². The molecule has 1 amide bonds. The molecule has 1 aliphatic carbocycles. The summed E-state index contributed by atoms with van der Waals surface area (Å²) in [6.45, 7) is 0.433. The van der Waals surface area contributed by atoms with E-state index in [0.29, 0.717) is 6.54 Å². The number of hydrogen-bond donors (Lipinski definition) is 1. The molecule has 0 radical (unpaired) electrons. The van der Waals surface area contributed by atoms with Crippen LogP contribution in [0, 0.1) is 0 Å². The zero-order chi connectivity index (χ0) is 11.1. The second kappa shape index (κ2) is 3.16. The quantitative estimate of drug-likeness (QED) is 0.674. The Morgan fingerprint density at radius 2 is 2.38 bits per heavy atom. The van der Waals surface area contributed by atoms with Gasteiger partial charge in [0.2, 0.25) is 0 Å². The average molecular weight is 215 g/mol. The van der Waals surface area contributed by atoms with Gasteiger partial charge in [0, 0.05) is 11.8 Å². The van der Waals surface area contributed by atoms with Crippen LogP contribution in [-0.2, 0) is 0 Å².